The van der Waals surface area contributed by atoms with Crippen molar-refractivity contribution in [3.63, 3.8) is 0 Å². The van der Waals surface area contributed by atoms with Crippen LogP contribution in [0.15, 0.2) is 39.9 Å². The van der Waals surface area contributed by atoms with Crippen LogP contribution in [0.25, 0.3) is 0 Å². The molecule has 2 aliphatic heterocycles. The number of para-hydroxylation sites is 1. The number of hydrogen-bond acceptors (Lipinski definition) is 6. The summed E-state index contributed by atoms with van der Waals surface area (Å²) in [6.07, 6.45) is 0.463. The molecule has 4 rings (SSSR count). The molecule has 2 aromatic rings. The summed E-state index contributed by atoms with van der Waals surface area (Å²) in [5.74, 6) is 0. The van der Waals surface area contributed by atoms with Gasteiger partial charge in [0.1, 0.15) is 17.0 Å². The van der Waals surface area contributed by atoms with E-state index in [-0.39, 0.29) is 18.2 Å². The van der Waals surface area contributed by atoms with Crippen LogP contribution in [-0.2, 0) is 4.74 Å². The lowest BCUT2D eigenvalue weighted by molar-refractivity contribution is 0.0214. The number of rotatable bonds is 3. The number of hydrogen-bond donors (Lipinski definition) is 1. The number of anilines is 3. The highest BCUT2D eigenvalue weighted by molar-refractivity contribution is 5.81. The zero-order chi connectivity index (χ0) is 19.3. The number of nitrogens with zero attached hydrogens (tertiary/aromatic N) is 2. The molecule has 7 heteroatoms. The van der Waals surface area contributed by atoms with E-state index in [1.54, 1.807) is 4.90 Å². The van der Waals surface area contributed by atoms with Gasteiger partial charge in [0.05, 0.1) is 6.04 Å². The summed E-state index contributed by atoms with van der Waals surface area (Å²) < 4.78 is 5.47. The number of carbonyl (C=O) groups excluding carboxylic acids is 1. The molecule has 2 saturated heterocycles. The Kier molecular flexibility index (Phi) is 3.98. The lowest BCUT2D eigenvalue weighted by Crippen LogP contribution is -2.53. The standard InChI is InChI=1S/C20H23N3O4/c1-20(2,3)27-19(26)23-11-13-9-14(23)10-22(13)16-15(17(24)18(16)25)21-12-7-5-4-6-8-12/h4-8,13-14,21H,9-11H2,1-3H3/t13-,14-/m0/s1. The van der Waals surface area contributed by atoms with E-state index in [2.05, 4.69) is 5.32 Å². The van der Waals surface area contributed by atoms with E-state index in [4.69, 9.17) is 4.74 Å². The molecule has 0 radical (unpaired) electrons. The third-order valence-electron chi connectivity index (χ3n) is 5.08. The minimum Gasteiger partial charge on any atom is -0.444 e. The Hall–Kier alpha value is -2.83. The molecule has 2 fully saturated rings. The zero-order valence-corrected chi connectivity index (χ0v) is 15.7. The van der Waals surface area contributed by atoms with Crippen LogP contribution in [0.4, 0.5) is 21.9 Å². The number of likely N-dealkylation sites (tertiary alicyclic amines) is 1. The first-order chi connectivity index (χ1) is 12.7. The first kappa shape index (κ1) is 17.6. The van der Waals surface area contributed by atoms with Crippen molar-refractivity contribution < 1.29 is 9.53 Å². The van der Waals surface area contributed by atoms with Crippen molar-refractivity contribution in [1.82, 2.24) is 4.90 Å². The van der Waals surface area contributed by atoms with Gasteiger partial charge in [0, 0.05) is 24.8 Å². The van der Waals surface area contributed by atoms with Gasteiger partial charge in [0.2, 0.25) is 0 Å². The third kappa shape index (κ3) is 3.07. The molecule has 2 aliphatic rings. The summed E-state index contributed by atoms with van der Waals surface area (Å²) in [5, 5.41) is 3.07. The first-order valence-electron chi connectivity index (χ1n) is 9.16. The quantitative estimate of drug-likeness (QED) is 0.836. The largest absolute Gasteiger partial charge is 0.444 e. The Morgan fingerprint density at radius 3 is 2.37 bits per heavy atom. The summed E-state index contributed by atoms with van der Waals surface area (Å²) in [6, 6.07) is 9.34. The Bertz CT molecular complexity index is 941. The lowest BCUT2D eigenvalue weighted by Gasteiger charge is -2.37. The molecule has 0 aromatic heterocycles. The van der Waals surface area contributed by atoms with Crippen molar-refractivity contribution in [2.75, 3.05) is 23.3 Å². The molecule has 2 atom stereocenters. The average molecular weight is 369 g/mol. The van der Waals surface area contributed by atoms with Crippen molar-refractivity contribution in [3.8, 4) is 0 Å². The minimum atomic E-state index is -0.537. The van der Waals surface area contributed by atoms with Crippen molar-refractivity contribution in [3.05, 3.63) is 50.8 Å². The Labute approximate surface area is 157 Å². The maximum absolute atomic E-state index is 12.4. The van der Waals surface area contributed by atoms with Crippen LogP contribution >= 0.6 is 0 Å². The number of ether oxygens (including phenoxy) is 1. The lowest BCUT2D eigenvalue weighted by atomic mass is 10.1. The highest BCUT2D eigenvalue weighted by atomic mass is 16.6. The summed E-state index contributed by atoms with van der Waals surface area (Å²) in [5.41, 5.74) is 0.0864. The summed E-state index contributed by atoms with van der Waals surface area (Å²) >= 11 is 0. The zero-order valence-electron chi connectivity index (χ0n) is 15.7. The predicted molar refractivity (Wildman–Crippen MR) is 104 cm³/mol. The molecule has 27 heavy (non-hydrogen) atoms. The van der Waals surface area contributed by atoms with Gasteiger partial charge < -0.3 is 19.9 Å². The van der Waals surface area contributed by atoms with Gasteiger partial charge in [-0.1, -0.05) is 18.2 Å². The van der Waals surface area contributed by atoms with Gasteiger partial charge in [-0.2, -0.15) is 0 Å². The maximum Gasteiger partial charge on any atom is 0.410 e. The van der Waals surface area contributed by atoms with Crippen molar-refractivity contribution in [2.24, 2.45) is 0 Å². The van der Waals surface area contributed by atoms with Gasteiger partial charge in [-0.15, -0.1) is 0 Å². The van der Waals surface area contributed by atoms with Gasteiger partial charge in [-0.3, -0.25) is 9.59 Å². The van der Waals surface area contributed by atoms with E-state index in [9.17, 15) is 14.4 Å². The van der Waals surface area contributed by atoms with Crippen LogP contribution in [0, 0.1) is 0 Å². The molecule has 2 bridgehead atoms. The van der Waals surface area contributed by atoms with E-state index >= 15 is 0 Å². The fraction of sp³-hybridized carbons (Fsp3) is 0.450. The second-order valence-electron chi connectivity index (χ2n) is 8.20. The SMILES string of the molecule is CC(C)(C)OC(=O)N1C[C@@H]2C[C@H]1CN2c1c(Nc2ccccc2)c(=O)c1=O. The molecule has 2 aromatic carbocycles. The number of carbonyl (C=O) groups is 1. The van der Waals surface area contributed by atoms with Crippen LogP contribution in [0.1, 0.15) is 27.2 Å². The van der Waals surface area contributed by atoms with Gasteiger partial charge >= 0.3 is 6.09 Å². The smallest absolute Gasteiger partial charge is 0.410 e. The Morgan fingerprint density at radius 2 is 1.78 bits per heavy atom. The molecule has 7 nitrogen and oxygen atoms in total. The number of benzene rings is 1. The first-order valence-corrected chi connectivity index (χ1v) is 9.16. The summed E-state index contributed by atoms with van der Waals surface area (Å²) in [6.45, 7) is 6.57. The monoisotopic (exact) mass is 369 g/mol. The van der Waals surface area contributed by atoms with Crippen LogP contribution < -0.4 is 21.1 Å². The van der Waals surface area contributed by atoms with Crippen molar-refractivity contribution in [2.45, 2.75) is 44.9 Å². The third-order valence-corrected chi connectivity index (χ3v) is 5.08. The number of fused-ring (bicyclic) bond motifs is 2. The second kappa shape index (κ2) is 6.11. The van der Waals surface area contributed by atoms with Gasteiger partial charge in [0.15, 0.2) is 0 Å². The van der Waals surface area contributed by atoms with E-state index in [1.807, 2.05) is 56.0 Å². The summed E-state index contributed by atoms with van der Waals surface area (Å²) in [7, 11) is 0. The number of piperazine rings is 1. The average Bonchev–Trinajstić information content (AvgIpc) is 3.21. The molecule has 142 valence electrons. The van der Waals surface area contributed by atoms with Crippen LogP contribution in [0.3, 0.4) is 0 Å². The molecule has 0 aliphatic carbocycles. The minimum absolute atomic E-state index is 0.00109. The predicted octanol–water partition coefficient (Wildman–Crippen LogP) is 2.22. The number of amides is 1. The van der Waals surface area contributed by atoms with E-state index in [0.717, 1.165) is 12.1 Å². The van der Waals surface area contributed by atoms with Crippen LogP contribution in [0.5, 0.6) is 0 Å². The molecule has 0 saturated carbocycles. The van der Waals surface area contributed by atoms with E-state index < -0.39 is 16.5 Å². The Balaban J connectivity index is 1.50. The normalized spacial score (nSPS) is 21.7. The maximum atomic E-state index is 12.4. The Morgan fingerprint density at radius 1 is 1.07 bits per heavy atom. The molecule has 0 unspecified atom stereocenters. The molecular formula is C20H23N3O4. The van der Waals surface area contributed by atoms with Gasteiger partial charge in [-0.05, 0) is 39.3 Å². The molecule has 1 N–H and O–H groups in total. The van der Waals surface area contributed by atoms with E-state index in [0.29, 0.717) is 24.5 Å². The van der Waals surface area contributed by atoms with Gasteiger partial charge in [0.25, 0.3) is 10.9 Å². The van der Waals surface area contributed by atoms with Crippen LogP contribution in [-0.4, -0.2) is 41.8 Å². The van der Waals surface area contributed by atoms with Crippen LogP contribution in [0.2, 0.25) is 0 Å². The second-order valence-corrected chi connectivity index (χ2v) is 8.20. The highest BCUT2D eigenvalue weighted by Crippen LogP contribution is 2.37. The van der Waals surface area contributed by atoms with E-state index in [1.165, 1.54) is 0 Å². The molecule has 1 amide bonds. The highest BCUT2D eigenvalue weighted by Gasteiger charge is 2.48. The number of nitrogens with one attached hydrogen (secondary N) is 1. The topological polar surface area (TPSA) is 79.0 Å². The summed E-state index contributed by atoms with van der Waals surface area (Å²) in [4.78, 5) is 40.4. The van der Waals surface area contributed by atoms with Crippen molar-refractivity contribution >= 4 is 23.2 Å². The molecular weight excluding hydrogens is 346 g/mol. The van der Waals surface area contributed by atoms with Gasteiger partial charge in [-0.25, -0.2) is 4.79 Å². The van der Waals surface area contributed by atoms with Crippen molar-refractivity contribution in [1.29, 1.82) is 0 Å². The fourth-order valence-electron chi connectivity index (χ4n) is 3.92. The fourth-order valence-corrected chi connectivity index (χ4v) is 3.92. The molecule has 0 spiro atoms. The molecule has 2 heterocycles.